The molecule has 0 saturated heterocycles. The van der Waals surface area contributed by atoms with Crippen LogP contribution in [0.3, 0.4) is 0 Å². The van der Waals surface area contributed by atoms with E-state index in [0.29, 0.717) is 6.61 Å². The summed E-state index contributed by atoms with van der Waals surface area (Å²) < 4.78 is 7.10. The zero-order valence-electron chi connectivity index (χ0n) is 11.3. The van der Waals surface area contributed by atoms with Crippen LogP contribution < -0.4 is 5.32 Å². The first-order valence-corrected chi connectivity index (χ1v) is 6.49. The second-order valence-corrected chi connectivity index (χ2v) is 4.48. The maximum absolute atomic E-state index is 5.09. The molecule has 0 amide bonds. The lowest BCUT2D eigenvalue weighted by Crippen LogP contribution is -2.07. The first-order valence-electron chi connectivity index (χ1n) is 6.49. The minimum absolute atomic E-state index is 0.654. The molecule has 0 bridgehead atoms. The molecule has 2 aromatic heterocycles. The molecule has 102 valence electrons. The Morgan fingerprint density at radius 1 is 1.25 bits per heavy atom. The van der Waals surface area contributed by atoms with Crippen LogP contribution in [0.5, 0.6) is 0 Å². The number of ether oxygens (including phenoxy) is 1. The van der Waals surface area contributed by atoms with Crippen LogP contribution in [-0.2, 0) is 11.3 Å². The molecular weight excluding hydrogens is 252 g/mol. The molecule has 0 aliphatic rings. The van der Waals surface area contributed by atoms with Crippen molar-refractivity contribution in [3.63, 3.8) is 0 Å². The van der Waals surface area contributed by atoms with Crippen LogP contribution in [0.25, 0.3) is 10.9 Å². The van der Waals surface area contributed by atoms with Gasteiger partial charge in [-0.3, -0.25) is 4.98 Å². The highest BCUT2D eigenvalue weighted by molar-refractivity contribution is 5.82. The average Bonchev–Trinajstić information content (AvgIpc) is 2.92. The zero-order valence-corrected chi connectivity index (χ0v) is 11.3. The number of imidazole rings is 1. The molecule has 0 saturated carbocycles. The Morgan fingerprint density at radius 2 is 2.15 bits per heavy atom. The van der Waals surface area contributed by atoms with Crippen molar-refractivity contribution >= 4 is 22.5 Å². The number of pyridine rings is 1. The molecule has 20 heavy (non-hydrogen) atoms. The van der Waals surface area contributed by atoms with Crippen LogP contribution in [0.2, 0.25) is 0 Å². The monoisotopic (exact) mass is 268 g/mol. The lowest BCUT2D eigenvalue weighted by atomic mass is 10.2. The highest BCUT2D eigenvalue weighted by Crippen LogP contribution is 2.19. The largest absolute Gasteiger partial charge is 0.383 e. The lowest BCUT2D eigenvalue weighted by Gasteiger charge is -2.09. The fraction of sp³-hybridized carbons (Fsp3) is 0.200. The van der Waals surface area contributed by atoms with Crippen LogP contribution in [0.1, 0.15) is 0 Å². The van der Waals surface area contributed by atoms with E-state index < -0.39 is 0 Å². The molecule has 0 aliphatic heterocycles. The summed E-state index contributed by atoms with van der Waals surface area (Å²) in [4.78, 5) is 8.74. The predicted octanol–water partition coefficient (Wildman–Crippen LogP) is 2.82. The molecule has 1 N–H and O–H groups in total. The predicted molar refractivity (Wildman–Crippen MR) is 79.1 cm³/mol. The minimum atomic E-state index is 0.654. The lowest BCUT2D eigenvalue weighted by molar-refractivity contribution is 0.188. The first-order chi connectivity index (χ1) is 9.86. The summed E-state index contributed by atoms with van der Waals surface area (Å²) in [5, 5.41) is 4.39. The van der Waals surface area contributed by atoms with E-state index in [1.807, 2.05) is 41.2 Å². The standard InChI is InChI=1S/C15H16N4O/c1-20-9-8-19-7-6-16-15(19)18-13-10-12-4-2-3-5-14(12)17-11-13/h2-7,10-11H,8-9H2,1H3,(H,16,18). The molecule has 0 unspecified atom stereocenters. The Kier molecular flexibility index (Phi) is 3.60. The van der Waals surface area contributed by atoms with Crippen molar-refractivity contribution in [1.82, 2.24) is 14.5 Å². The van der Waals surface area contributed by atoms with E-state index in [9.17, 15) is 0 Å². The van der Waals surface area contributed by atoms with Crippen LogP contribution in [0.15, 0.2) is 48.9 Å². The molecule has 5 nitrogen and oxygen atoms in total. The Hall–Kier alpha value is -2.40. The number of hydrogen-bond acceptors (Lipinski definition) is 4. The Balaban J connectivity index is 1.84. The van der Waals surface area contributed by atoms with Crippen molar-refractivity contribution in [2.24, 2.45) is 0 Å². The highest BCUT2D eigenvalue weighted by atomic mass is 16.5. The van der Waals surface area contributed by atoms with Crippen molar-refractivity contribution in [2.45, 2.75) is 6.54 Å². The van der Waals surface area contributed by atoms with E-state index in [0.717, 1.165) is 29.1 Å². The number of hydrogen-bond donors (Lipinski definition) is 1. The van der Waals surface area contributed by atoms with Gasteiger partial charge < -0.3 is 14.6 Å². The van der Waals surface area contributed by atoms with Gasteiger partial charge in [-0.05, 0) is 12.1 Å². The van der Waals surface area contributed by atoms with Crippen molar-refractivity contribution in [3.8, 4) is 0 Å². The smallest absolute Gasteiger partial charge is 0.207 e. The quantitative estimate of drug-likeness (QED) is 0.773. The van der Waals surface area contributed by atoms with E-state index >= 15 is 0 Å². The van der Waals surface area contributed by atoms with Gasteiger partial charge in [-0.25, -0.2) is 4.98 Å². The Bertz CT molecular complexity index is 708. The summed E-state index contributed by atoms with van der Waals surface area (Å²) in [6, 6.07) is 10.1. The van der Waals surface area contributed by atoms with Crippen LogP contribution in [0.4, 0.5) is 11.6 Å². The summed E-state index contributed by atoms with van der Waals surface area (Å²) in [7, 11) is 1.69. The van der Waals surface area contributed by atoms with Crippen LogP contribution >= 0.6 is 0 Å². The first kappa shape index (κ1) is 12.6. The number of fused-ring (bicyclic) bond motifs is 1. The van der Waals surface area contributed by atoms with Gasteiger partial charge in [0.2, 0.25) is 5.95 Å². The highest BCUT2D eigenvalue weighted by Gasteiger charge is 2.04. The number of para-hydroxylation sites is 1. The number of anilines is 2. The van der Waals surface area contributed by atoms with Gasteiger partial charge in [0.05, 0.1) is 24.0 Å². The topological polar surface area (TPSA) is 52.0 Å². The summed E-state index contributed by atoms with van der Waals surface area (Å²) in [6.45, 7) is 1.42. The number of methoxy groups -OCH3 is 1. The molecule has 3 aromatic rings. The van der Waals surface area contributed by atoms with Crippen molar-refractivity contribution in [2.75, 3.05) is 19.0 Å². The van der Waals surface area contributed by atoms with E-state index in [-0.39, 0.29) is 0 Å². The maximum Gasteiger partial charge on any atom is 0.207 e. The number of nitrogens with zero attached hydrogens (tertiary/aromatic N) is 3. The number of nitrogens with one attached hydrogen (secondary N) is 1. The molecule has 0 spiro atoms. The molecule has 0 fully saturated rings. The summed E-state index contributed by atoms with van der Waals surface area (Å²) in [6.07, 6.45) is 5.51. The van der Waals surface area contributed by atoms with Gasteiger partial charge >= 0.3 is 0 Å². The fourth-order valence-corrected chi connectivity index (χ4v) is 2.07. The minimum Gasteiger partial charge on any atom is -0.383 e. The molecule has 0 radical (unpaired) electrons. The van der Waals surface area contributed by atoms with E-state index in [2.05, 4.69) is 21.4 Å². The van der Waals surface area contributed by atoms with Gasteiger partial charge in [0.1, 0.15) is 0 Å². The van der Waals surface area contributed by atoms with Gasteiger partial charge in [-0.15, -0.1) is 0 Å². The molecule has 0 aliphatic carbocycles. The molecule has 1 aromatic carbocycles. The van der Waals surface area contributed by atoms with E-state index in [4.69, 9.17) is 4.74 Å². The second-order valence-electron chi connectivity index (χ2n) is 4.48. The normalized spacial score (nSPS) is 10.8. The Labute approximate surface area is 117 Å². The van der Waals surface area contributed by atoms with E-state index in [1.165, 1.54) is 0 Å². The van der Waals surface area contributed by atoms with Gasteiger partial charge in [0.15, 0.2) is 0 Å². The van der Waals surface area contributed by atoms with Crippen molar-refractivity contribution in [3.05, 3.63) is 48.9 Å². The van der Waals surface area contributed by atoms with Crippen LogP contribution in [-0.4, -0.2) is 28.3 Å². The second kappa shape index (κ2) is 5.71. The summed E-state index contributed by atoms with van der Waals surface area (Å²) >= 11 is 0. The van der Waals surface area contributed by atoms with Gasteiger partial charge in [-0.1, -0.05) is 18.2 Å². The number of aromatic nitrogens is 3. The molecule has 2 heterocycles. The van der Waals surface area contributed by atoms with Gasteiger partial charge in [-0.2, -0.15) is 0 Å². The maximum atomic E-state index is 5.09. The summed E-state index contributed by atoms with van der Waals surface area (Å²) in [5.41, 5.74) is 1.91. The average molecular weight is 268 g/mol. The molecular formula is C15H16N4O. The third-order valence-corrected chi connectivity index (χ3v) is 3.10. The molecule has 3 rings (SSSR count). The number of benzene rings is 1. The third kappa shape index (κ3) is 2.62. The third-order valence-electron chi connectivity index (χ3n) is 3.10. The number of rotatable bonds is 5. The fourth-order valence-electron chi connectivity index (χ4n) is 2.07. The Morgan fingerprint density at radius 3 is 3.05 bits per heavy atom. The zero-order chi connectivity index (χ0) is 13.8. The van der Waals surface area contributed by atoms with Crippen molar-refractivity contribution < 1.29 is 4.74 Å². The SMILES string of the molecule is COCCn1ccnc1Nc1cnc2ccccc2c1. The molecule has 0 atom stereocenters. The summed E-state index contributed by atoms with van der Waals surface area (Å²) in [5.74, 6) is 0.791. The van der Waals surface area contributed by atoms with Gasteiger partial charge in [0.25, 0.3) is 0 Å². The van der Waals surface area contributed by atoms with E-state index in [1.54, 1.807) is 13.3 Å². The van der Waals surface area contributed by atoms with Crippen LogP contribution in [0, 0.1) is 0 Å². The van der Waals surface area contributed by atoms with Gasteiger partial charge in [0, 0.05) is 31.4 Å². The molecule has 5 heteroatoms. The van der Waals surface area contributed by atoms with Crippen molar-refractivity contribution in [1.29, 1.82) is 0 Å².